The van der Waals surface area contributed by atoms with E-state index in [2.05, 4.69) is 5.32 Å². The van der Waals surface area contributed by atoms with Crippen molar-refractivity contribution in [3.63, 3.8) is 0 Å². The van der Waals surface area contributed by atoms with E-state index in [9.17, 15) is 9.59 Å². The van der Waals surface area contributed by atoms with Crippen molar-refractivity contribution >= 4 is 11.9 Å². The zero-order chi connectivity index (χ0) is 15.9. The van der Waals surface area contributed by atoms with Crippen molar-refractivity contribution in [2.45, 2.75) is 45.1 Å². The Bertz CT molecular complexity index is 497. The Morgan fingerprint density at radius 3 is 2.62 bits per heavy atom. The molecule has 1 amide bonds. The SMILES string of the molecule is COc1cccc(CCC(=O)NC(C)(C)CCC(=O)O)c1. The number of rotatable bonds is 8. The third-order valence-electron chi connectivity index (χ3n) is 3.22. The lowest BCUT2D eigenvalue weighted by Crippen LogP contribution is -2.43. The first kappa shape index (κ1) is 17.0. The molecular formula is C16H23NO4. The van der Waals surface area contributed by atoms with Crippen LogP contribution in [0.2, 0.25) is 0 Å². The van der Waals surface area contributed by atoms with Crippen LogP contribution in [0.5, 0.6) is 5.75 Å². The van der Waals surface area contributed by atoms with E-state index in [1.807, 2.05) is 38.1 Å². The van der Waals surface area contributed by atoms with Crippen LogP contribution in [0.25, 0.3) is 0 Å². The first-order chi connectivity index (χ1) is 9.82. The molecule has 1 aromatic carbocycles. The molecule has 0 aliphatic rings. The molecule has 2 N–H and O–H groups in total. The number of carboxylic acid groups (broad SMARTS) is 1. The van der Waals surface area contributed by atoms with Gasteiger partial charge in [-0.3, -0.25) is 9.59 Å². The third kappa shape index (κ3) is 6.79. The third-order valence-corrected chi connectivity index (χ3v) is 3.22. The highest BCUT2D eigenvalue weighted by Gasteiger charge is 2.21. The van der Waals surface area contributed by atoms with Gasteiger partial charge in [-0.25, -0.2) is 0 Å². The minimum absolute atomic E-state index is 0.0448. The Kier molecular flexibility index (Phi) is 6.21. The number of aliphatic carboxylic acids is 1. The number of aryl methyl sites for hydroxylation is 1. The zero-order valence-electron chi connectivity index (χ0n) is 12.8. The second-order valence-corrected chi connectivity index (χ2v) is 5.68. The van der Waals surface area contributed by atoms with Gasteiger partial charge >= 0.3 is 5.97 Å². The fourth-order valence-corrected chi connectivity index (χ4v) is 2.01. The summed E-state index contributed by atoms with van der Waals surface area (Å²) in [5, 5.41) is 11.6. The lowest BCUT2D eigenvalue weighted by atomic mass is 9.98. The number of nitrogens with one attached hydrogen (secondary N) is 1. The minimum Gasteiger partial charge on any atom is -0.497 e. The number of hydrogen-bond acceptors (Lipinski definition) is 3. The molecule has 0 unspecified atom stereocenters. The van der Waals surface area contributed by atoms with E-state index in [4.69, 9.17) is 9.84 Å². The van der Waals surface area contributed by atoms with Gasteiger partial charge in [0.15, 0.2) is 0 Å². The van der Waals surface area contributed by atoms with Gasteiger partial charge in [0.25, 0.3) is 0 Å². The van der Waals surface area contributed by atoms with Crippen LogP contribution in [0.4, 0.5) is 0 Å². The lowest BCUT2D eigenvalue weighted by Gasteiger charge is -2.25. The summed E-state index contributed by atoms with van der Waals surface area (Å²) in [6.07, 6.45) is 1.44. The summed E-state index contributed by atoms with van der Waals surface area (Å²) in [6, 6.07) is 7.61. The van der Waals surface area contributed by atoms with Crippen LogP contribution in [0.1, 0.15) is 38.7 Å². The first-order valence-corrected chi connectivity index (χ1v) is 6.98. The highest BCUT2D eigenvalue weighted by Crippen LogP contribution is 2.15. The van der Waals surface area contributed by atoms with Crippen molar-refractivity contribution in [2.24, 2.45) is 0 Å². The Balaban J connectivity index is 2.44. The summed E-state index contributed by atoms with van der Waals surface area (Å²) in [6.45, 7) is 3.67. The fourth-order valence-electron chi connectivity index (χ4n) is 2.01. The molecular weight excluding hydrogens is 270 g/mol. The van der Waals surface area contributed by atoms with Gasteiger partial charge in [-0.2, -0.15) is 0 Å². The van der Waals surface area contributed by atoms with E-state index < -0.39 is 11.5 Å². The molecule has 0 bridgehead atoms. The van der Waals surface area contributed by atoms with Crippen molar-refractivity contribution in [3.05, 3.63) is 29.8 Å². The van der Waals surface area contributed by atoms with Gasteiger partial charge in [-0.1, -0.05) is 12.1 Å². The second-order valence-electron chi connectivity index (χ2n) is 5.68. The molecule has 1 rings (SSSR count). The average molecular weight is 293 g/mol. The summed E-state index contributed by atoms with van der Waals surface area (Å²) >= 11 is 0. The van der Waals surface area contributed by atoms with E-state index in [1.54, 1.807) is 7.11 Å². The Morgan fingerprint density at radius 1 is 1.29 bits per heavy atom. The number of carboxylic acids is 1. The Labute approximate surface area is 125 Å². The van der Waals surface area contributed by atoms with Gasteiger partial charge in [0.05, 0.1) is 7.11 Å². The molecule has 0 aliphatic heterocycles. The van der Waals surface area contributed by atoms with Crippen LogP contribution in [-0.4, -0.2) is 29.6 Å². The number of carbonyl (C=O) groups is 2. The van der Waals surface area contributed by atoms with Crippen LogP contribution in [-0.2, 0) is 16.0 Å². The van der Waals surface area contributed by atoms with Crippen molar-refractivity contribution in [1.29, 1.82) is 0 Å². The molecule has 0 atom stereocenters. The van der Waals surface area contributed by atoms with Gasteiger partial charge in [0.2, 0.25) is 5.91 Å². The van der Waals surface area contributed by atoms with Gasteiger partial charge in [0, 0.05) is 18.4 Å². The van der Waals surface area contributed by atoms with Gasteiger partial charge in [0.1, 0.15) is 5.75 Å². The minimum atomic E-state index is -0.853. The van der Waals surface area contributed by atoms with Crippen molar-refractivity contribution < 1.29 is 19.4 Å². The van der Waals surface area contributed by atoms with Crippen LogP contribution in [0.3, 0.4) is 0 Å². The molecule has 5 heteroatoms. The number of amides is 1. The largest absolute Gasteiger partial charge is 0.497 e. The standard InChI is InChI=1S/C16H23NO4/c1-16(2,10-9-15(19)20)17-14(18)8-7-12-5-4-6-13(11-12)21-3/h4-6,11H,7-10H2,1-3H3,(H,17,18)(H,19,20). The summed E-state index contributed by atoms with van der Waals surface area (Å²) in [4.78, 5) is 22.5. The highest BCUT2D eigenvalue weighted by molar-refractivity contribution is 5.77. The predicted molar refractivity (Wildman–Crippen MR) is 80.4 cm³/mol. The monoisotopic (exact) mass is 293 g/mol. The topological polar surface area (TPSA) is 75.6 Å². The van der Waals surface area contributed by atoms with Crippen LogP contribution in [0, 0.1) is 0 Å². The lowest BCUT2D eigenvalue weighted by molar-refractivity contribution is -0.137. The highest BCUT2D eigenvalue weighted by atomic mass is 16.5. The maximum Gasteiger partial charge on any atom is 0.303 e. The Morgan fingerprint density at radius 2 is 2.00 bits per heavy atom. The zero-order valence-corrected chi connectivity index (χ0v) is 12.8. The summed E-state index contributed by atoms with van der Waals surface area (Å²) < 4.78 is 5.14. The maximum atomic E-state index is 11.9. The molecule has 0 heterocycles. The number of methoxy groups -OCH3 is 1. The molecule has 0 fully saturated rings. The summed E-state index contributed by atoms with van der Waals surface area (Å²) in [5.74, 6) is -0.156. The fraction of sp³-hybridized carbons (Fsp3) is 0.500. The van der Waals surface area contributed by atoms with E-state index in [0.717, 1.165) is 11.3 Å². The van der Waals surface area contributed by atoms with Crippen molar-refractivity contribution in [3.8, 4) is 5.75 Å². The molecule has 116 valence electrons. The quantitative estimate of drug-likeness (QED) is 0.771. The first-order valence-electron chi connectivity index (χ1n) is 6.98. The predicted octanol–water partition coefficient (Wildman–Crippen LogP) is 2.39. The molecule has 0 aromatic heterocycles. The van der Waals surface area contributed by atoms with Crippen molar-refractivity contribution in [1.82, 2.24) is 5.32 Å². The average Bonchev–Trinajstić information content (AvgIpc) is 2.43. The number of carbonyl (C=O) groups excluding carboxylic acids is 1. The smallest absolute Gasteiger partial charge is 0.303 e. The summed E-state index contributed by atoms with van der Waals surface area (Å²) in [5.41, 5.74) is 0.525. The van der Waals surface area contributed by atoms with E-state index >= 15 is 0 Å². The van der Waals surface area contributed by atoms with Crippen LogP contribution >= 0.6 is 0 Å². The van der Waals surface area contributed by atoms with Gasteiger partial charge in [-0.15, -0.1) is 0 Å². The van der Waals surface area contributed by atoms with Gasteiger partial charge < -0.3 is 15.2 Å². The molecule has 1 aromatic rings. The molecule has 21 heavy (non-hydrogen) atoms. The van der Waals surface area contributed by atoms with E-state index in [1.165, 1.54) is 0 Å². The molecule has 0 aliphatic carbocycles. The van der Waals surface area contributed by atoms with E-state index in [-0.39, 0.29) is 12.3 Å². The van der Waals surface area contributed by atoms with Crippen LogP contribution < -0.4 is 10.1 Å². The maximum absolute atomic E-state index is 11.9. The molecule has 5 nitrogen and oxygen atoms in total. The normalized spacial score (nSPS) is 11.0. The van der Waals surface area contributed by atoms with Gasteiger partial charge in [-0.05, 0) is 44.4 Å². The molecule has 0 spiro atoms. The van der Waals surface area contributed by atoms with Crippen LogP contribution in [0.15, 0.2) is 24.3 Å². The molecule has 0 radical (unpaired) electrons. The number of hydrogen-bond donors (Lipinski definition) is 2. The number of ether oxygens (including phenoxy) is 1. The van der Waals surface area contributed by atoms with Crippen molar-refractivity contribution in [2.75, 3.05) is 7.11 Å². The van der Waals surface area contributed by atoms with E-state index in [0.29, 0.717) is 19.3 Å². The summed E-state index contributed by atoms with van der Waals surface area (Å²) in [7, 11) is 1.61. The second kappa shape index (κ2) is 7.67. The molecule has 0 saturated carbocycles. The molecule has 0 saturated heterocycles. The number of benzene rings is 1. The Hall–Kier alpha value is -2.04.